The average molecular weight is 344 g/mol. The zero-order chi connectivity index (χ0) is 17.5. The van der Waals surface area contributed by atoms with Crippen molar-refractivity contribution >= 4 is 11.8 Å². The van der Waals surface area contributed by atoms with Crippen molar-refractivity contribution in [3.8, 4) is 0 Å². The third kappa shape index (κ3) is 3.09. The lowest BCUT2D eigenvalue weighted by Crippen LogP contribution is -2.40. The molecular weight excluding hydrogens is 328 g/mol. The molecule has 0 bridgehead atoms. The maximum absolute atomic E-state index is 13.4. The predicted octanol–water partition coefficient (Wildman–Crippen LogP) is 2.68. The van der Waals surface area contributed by atoms with E-state index in [-0.39, 0.29) is 30.5 Å². The lowest BCUT2D eigenvalue weighted by Gasteiger charge is -2.26. The number of benzene rings is 1. The Balaban J connectivity index is 1.85. The number of nitrogens with zero attached hydrogens (tertiary/aromatic N) is 2. The molecule has 0 N–H and O–H groups in total. The lowest BCUT2D eigenvalue weighted by atomic mass is 10.1. The van der Waals surface area contributed by atoms with E-state index in [0.29, 0.717) is 25.2 Å². The molecule has 1 unspecified atom stereocenters. The van der Waals surface area contributed by atoms with Crippen LogP contribution in [-0.2, 0) is 11.0 Å². The van der Waals surface area contributed by atoms with Gasteiger partial charge in [-0.15, -0.1) is 0 Å². The van der Waals surface area contributed by atoms with E-state index in [0.717, 1.165) is 18.9 Å². The molecule has 2 heterocycles. The van der Waals surface area contributed by atoms with Gasteiger partial charge in [0.1, 0.15) is 5.82 Å². The van der Waals surface area contributed by atoms with E-state index < -0.39 is 23.5 Å². The Bertz CT molecular complexity index is 675. The summed E-state index contributed by atoms with van der Waals surface area (Å²) in [4.78, 5) is 27.7. The van der Waals surface area contributed by atoms with Crippen LogP contribution in [0, 0.1) is 5.82 Å². The molecule has 130 valence electrons. The van der Waals surface area contributed by atoms with Gasteiger partial charge in [0.2, 0.25) is 5.91 Å². The number of rotatable bonds is 1. The number of halogens is 4. The number of alkyl halides is 3. The van der Waals surface area contributed by atoms with Crippen molar-refractivity contribution in [2.75, 3.05) is 19.6 Å². The molecule has 2 saturated heterocycles. The SMILES string of the molecule is O=C(c1ccc(F)c(C(F)(F)F)c1)N1CCC(=O)N2CCCC2C1. The van der Waals surface area contributed by atoms with Gasteiger partial charge in [-0.3, -0.25) is 9.59 Å². The number of hydrogen-bond acceptors (Lipinski definition) is 2. The molecular formula is C16H16F4N2O2. The van der Waals surface area contributed by atoms with Crippen LogP contribution in [0.15, 0.2) is 18.2 Å². The molecule has 0 saturated carbocycles. The van der Waals surface area contributed by atoms with Crippen molar-refractivity contribution in [2.45, 2.75) is 31.5 Å². The fourth-order valence-corrected chi connectivity index (χ4v) is 3.32. The monoisotopic (exact) mass is 344 g/mol. The third-order valence-corrected chi connectivity index (χ3v) is 4.53. The smallest absolute Gasteiger partial charge is 0.338 e. The maximum Gasteiger partial charge on any atom is 0.419 e. The first-order chi connectivity index (χ1) is 11.3. The van der Waals surface area contributed by atoms with Crippen LogP contribution in [0.3, 0.4) is 0 Å². The number of hydrogen-bond donors (Lipinski definition) is 0. The summed E-state index contributed by atoms with van der Waals surface area (Å²) >= 11 is 0. The van der Waals surface area contributed by atoms with Gasteiger partial charge in [-0.05, 0) is 31.0 Å². The van der Waals surface area contributed by atoms with Gasteiger partial charge in [0.05, 0.1) is 5.56 Å². The fourth-order valence-electron chi connectivity index (χ4n) is 3.32. The van der Waals surface area contributed by atoms with Crippen LogP contribution in [0.5, 0.6) is 0 Å². The van der Waals surface area contributed by atoms with E-state index in [4.69, 9.17) is 0 Å². The molecule has 0 aliphatic carbocycles. The summed E-state index contributed by atoms with van der Waals surface area (Å²) in [6.07, 6.45) is -3.09. The topological polar surface area (TPSA) is 40.6 Å². The van der Waals surface area contributed by atoms with Crippen LogP contribution >= 0.6 is 0 Å². The van der Waals surface area contributed by atoms with E-state index in [1.165, 1.54) is 4.90 Å². The van der Waals surface area contributed by atoms with Gasteiger partial charge >= 0.3 is 6.18 Å². The molecule has 3 rings (SSSR count). The van der Waals surface area contributed by atoms with E-state index >= 15 is 0 Å². The summed E-state index contributed by atoms with van der Waals surface area (Å²) in [6.45, 7) is 1.10. The molecule has 1 aromatic rings. The summed E-state index contributed by atoms with van der Waals surface area (Å²) < 4.78 is 51.8. The summed E-state index contributed by atoms with van der Waals surface area (Å²) in [5, 5.41) is 0. The van der Waals surface area contributed by atoms with Crippen molar-refractivity contribution in [2.24, 2.45) is 0 Å². The van der Waals surface area contributed by atoms with E-state index in [2.05, 4.69) is 0 Å². The predicted molar refractivity (Wildman–Crippen MR) is 76.7 cm³/mol. The number of carbonyl (C=O) groups is 2. The van der Waals surface area contributed by atoms with E-state index in [9.17, 15) is 27.2 Å². The summed E-state index contributed by atoms with van der Waals surface area (Å²) in [6, 6.07) is 2.15. The van der Waals surface area contributed by atoms with Gasteiger partial charge in [-0.2, -0.15) is 13.2 Å². The number of fused-ring (bicyclic) bond motifs is 1. The normalized spacial score (nSPS) is 21.7. The van der Waals surface area contributed by atoms with Gasteiger partial charge in [-0.1, -0.05) is 0 Å². The number of amides is 2. The van der Waals surface area contributed by atoms with Gasteiger partial charge in [-0.25, -0.2) is 4.39 Å². The Kier molecular flexibility index (Phi) is 4.23. The Morgan fingerprint density at radius 3 is 2.67 bits per heavy atom. The minimum atomic E-state index is -4.86. The average Bonchev–Trinajstić information content (AvgIpc) is 2.92. The molecule has 2 fully saturated rings. The van der Waals surface area contributed by atoms with Crippen LogP contribution in [0.4, 0.5) is 17.6 Å². The summed E-state index contributed by atoms with van der Waals surface area (Å²) in [5.74, 6) is -2.06. The van der Waals surface area contributed by atoms with Gasteiger partial charge in [0, 0.05) is 37.7 Å². The van der Waals surface area contributed by atoms with E-state index in [1.807, 2.05) is 0 Å². The van der Waals surface area contributed by atoms with Crippen molar-refractivity contribution in [1.29, 1.82) is 0 Å². The quantitative estimate of drug-likeness (QED) is 0.735. The molecule has 1 aromatic carbocycles. The van der Waals surface area contributed by atoms with Crippen LogP contribution in [0.2, 0.25) is 0 Å². The molecule has 2 aliphatic heterocycles. The van der Waals surface area contributed by atoms with Gasteiger partial charge in [0.25, 0.3) is 5.91 Å². The Morgan fingerprint density at radius 2 is 1.96 bits per heavy atom. The van der Waals surface area contributed by atoms with Crippen molar-refractivity contribution in [3.05, 3.63) is 35.1 Å². The zero-order valence-electron chi connectivity index (χ0n) is 12.8. The minimum Gasteiger partial charge on any atom is -0.338 e. The maximum atomic E-state index is 13.4. The molecule has 24 heavy (non-hydrogen) atoms. The minimum absolute atomic E-state index is 0.0390. The highest BCUT2D eigenvalue weighted by molar-refractivity contribution is 5.95. The van der Waals surface area contributed by atoms with Gasteiger partial charge in [0.15, 0.2) is 0 Å². The highest BCUT2D eigenvalue weighted by Gasteiger charge is 2.37. The van der Waals surface area contributed by atoms with Crippen LogP contribution < -0.4 is 0 Å². The first-order valence-corrected chi connectivity index (χ1v) is 7.73. The Morgan fingerprint density at radius 1 is 1.21 bits per heavy atom. The summed E-state index contributed by atoms with van der Waals surface area (Å²) in [5.41, 5.74) is -1.68. The van der Waals surface area contributed by atoms with Crippen molar-refractivity contribution in [1.82, 2.24) is 9.80 Å². The third-order valence-electron chi connectivity index (χ3n) is 4.53. The molecule has 0 aromatic heterocycles. The molecule has 8 heteroatoms. The van der Waals surface area contributed by atoms with Gasteiger partial charge < -0.3 is 9.80 Å². The Labute approximate surface area is 136 Å². The van der Waals surface area contributed by atoms with Crippen LogP contribution in [0.25, 0.3) is 0 Å². The Hall–Kier alpha value is -2.12. The molecule has 0 spiro atoms. The molecule has 4 nitrogen and oxygen atoms in total. The second kappa shape index (κ2) is 6.07. The summed E-state index contributed by atoms with van der Waals surface area (Å²) in [7, 11) is 0. The van der Waals surface area contributed by atoms with Crippen LogP contribution in [-0.4, -0.2) is 47.3 Å². The standard InChI is InChI=1S/C16H16F4N2O2/c17-13-4-3-10(8-12(13)16(18,19)20)15(24)21-7-5-14(23)22-6-1-2-11(22)9-21/h3-4,8,11H,1-2,5-7,9H2. The highest BCUT2D eigenvalue weighted by atomic mass is 19.4. The largest absolute Gasteiger partial charge is 0.419 e. The molecule has 0 radical (unpaired) electrons. The lowest BCUT2D eigenvalue weighted by molar-refractivity contribution is -0.140. The first kappa shape index (κ1) is 16.7. The van der Waals surface area contributed by atoms with E-state index in [1.54, 1.807) is 4.90 Å². The van der Waals surface area contributed by atoms with Crippen LogP contribution in [0.1, 0.15) is 35.2 Å². The number of carbonyl (C=O) groups excluding carboxylic acids is 2. The fraction of sp³-hybridized carbons (Fsp3) is 0.500. The van der Waals surface area contributed by atoms with Crippen molar-refractivity contribution < 1.29 is 27.2 Å². The molecule has 1 atom stereocenters. The second-order valence-electron chi connectivity index (χ2n) is 6.08. The molecule has 2 amide bonds. The highest BCUT2D eigenvalue weighted by Crippen LogP contribution is 2.32. The molecule has 2 aliphatic rings. The second-order valence-corrected chi connectivity index (χ2v) is 6.08. The zero-order valence-corrected chi connectivity index (χ0v) is 12.8. The first-order valence-electron chi connectivity index (χ1n) is 7.73. The van der Waals surface area contributed by atoms with Crippen molar-refractivity contribution in [3.63, 3.8) is 0 Å².